The summed E-state index contributed by atoms with van der Waals surface area (Å²) in [7, 11) is 0. The number of rotatable bonds is 10. The monoisotopic (exact) mass is 652 g/mol. The zero-order chi connectivity index (χ0) is 30.8. The van der Waals surface area contributed by atoms with Crippen LogP contribution in [0.2, 0.25) is 0 Å². The summed E-state index contributed by atoms with van der Waals surface area (Å²) in [6, 6.07) is 9.74. The van der Waals surface area contributed by atoms with Crippen LogP contribution in [0.1, 0.15) is 52.3 Å². The van der Waals surface area contributed by atoms with Crippen LogP contribution in [0.15, 0.2) is 59.2 Å². The Morgan fingerprint density at radius 2 is 1.74 bits per heavy atom. The number of benzene rings is 2. The maximum Gasteiger partial charge on any atom is 0.436 e. The van der Waals surface area contributed by atoms with Crippen LogP contribution < -0.4 is 5.73 Å². The Hall–Kier alpha value is -4.00. The summed E-state index contributed by atoms with van der Waals surface area (Å²) in [5, 5.41) is 3.61. The zero-order valence-corrected chi connectivity index (χ0v) is 23.6. The minimum atomic E-state index is -4.75. The summed E-state index contributed by atoms with van der Waals surface area (Å²) in [6.45, 7) is 1.11. The maximum absolute atomic E-state index is 14.2. The molecule has 6 nitrogen and oxygen atoms in total. The van der Waals surface area contributed by atoms with Gasteiger partial charge < -0.3 is 5.73 Å². The van der Waals surface area contributed by atoms with Gasteiger partial charge in [-0.1, -0.05) is 19.1 Å². The molecule has 1 amide bonds. The number of pyridine rings is 1. The molecule has 0 saturated carbocycles. The molecule has 4 aromatic rings. The number of amides is 1. The molecule has 42 heavy (non-hydrogen) atoms. The zero-order valence-electron chi connectivity index (χ0n) is 22.0. The van der Waals surface area contributed by atoms with E-state index < -0.39 is 53.5 Å². The van der Waals surface area contributed by atoms with E-state index in [-0.39, 0.29) is 46.2 Å². The highest BCUT2D eigenvalue weighted by Gasteiger charge is 2.38. The molecule has 0 aliphatic heterocycles. The number of hydrogen-bond acceptors (Lipinski definition) is 4. The van der Waals surface area contributed by atoms with Gasteiger partial charge in [0.2, 0.25) is 0 Å². The van der Waals surface area contributed by atoms with E-state index in [2.05, 4.69) is 26.0 Å². The minimum absolute atomic E-state index is 0.0778. The van der Waals surface area contributed by atoms with E-state index in [0.717, 1.165) is 22.9 Å². The molecule has 0 aliphatic carbocycles. The van der Waals surface area contributed by atoms with Gasteiger partial charge in [0.15, 0.2) is 11.5 Å². The predicted octanol–water partition coefficient (Wildman–Crippen LogP) is 6.79. The first-order valence-corrected chi connectivity index (χ1v) is 13.4. The van der Waals surface area contributed by atoms with Gasteiger partial charge in [0, 0.05) is 30.2 Å². The summed E-state index contributed by atoms with van der Waals surface area (Å²) in [5.41, 5.74) is 5.16. The van der Waals surface area contributed by atoms with E-state index in [9.17, 15) is 35.9 Å². The lowest BCUT2D eigenvalue weighted by Gasteiger charge is -2.20. The van der Waals surface area contributed by atoms with Crippen molar-refractivity contribution in [2.75, 3.05) is 0 Å². The molecule has 0 bridgehead atoms. The molecule has 2 heterocycles. The topological polar surface area (TPSA) is 90.9 Å². The van der Waals surface area contributed by atoms with Gasteiger partial charge in [-0.05, 0) is 70.2 Å². The first-order valence-electron chi connectivity index (χ1n) is 12.6. The lowest BCUT2D eigenvalue weighted by molar-refractivity contribution is -0.142. The van der Waals surface area contributed by atoms with Crippen molar-refractivity contribution in [1.29, 1.82) is 0 Å². The van der Waals surface area contributed by atoms with E-state index in [1.165, 1.54) is 18.3 Å². The fraction of sp³-hybridized carbons (Fsp3) is 0.241. The van der Waals surface area contributed by atoms with Crippen molar-refractivity contribution < 1.29 is 35.9 Å². The summed E-state index contributed by atoms with van der Waals surface area (Å²) in [4.78, 5) is 29.5. The van der Waals surface area contributed by atoms with Crippen molar-refractivity contribution in [1.82, 2.24) is 14.8 Å². The third kappa shape index (κ3) is 6.89. The molecular formula is C29H23BrF6N4O2. The lowest BCUT2D eigenvalue weighted by Crippen LogP contribution is -2.19. The Morgan fingerprint density at radius 1 is 1.05 bits per heavy atom. The average molecular weight is 653 g/mol. The normalized spacial score (nSPS) is 12.4. The standard InChI is InChI=1S/C29H23BrF6N4O2/c1-2-24-25(30)27(29(34,35)36)39-40(24)14-20(41)11-17(8-15-9-18(31)13-19(32)10-15)26-21(4-3-7-38-26)16-5-6-23(33)22(12-16)28(37)42/h3-7,9-10,12-13,17H,2,8,11,14H2,1H3,(H2,37,42)/t17-/m1/s1. The van der Waals surface area contributed by atoms with Gasteiger partial charge in [-0.25, -0.2) is 13.2 Å². The minimum Gasteiger partial charge on any atom is -0.366 e. The Kier molecular flexibility index (Phi) is 9.19. The maximum atomic E-state index is 14.2. The van der Waals surface area contributed by atoms with Crippen LogP contribution >= 0.6 is 15.9 Å². The molecule has 2 aromatic carbocycles. The molecule has 0 fully saturated rings. The first kappa shape index (κ1) is 30.9. The second-order valence-electron chi connectivity index (χ2n) is 9.53. The number of alkyl halides is 3. The Labute approximate surface area is 244 Å². The van der Waals surface area contributed by atoms with Gasteiger partial charge >= 0.3 is 6.18 Å². The van der Waals surface area contributed by atoms with E-state index >= 15 is 0 Å². The van der Waals surface area contributed by atoms with Crippen LogP contribution in [0.25, 0.3) is 11.1 Å². The molecule has 13 heteroatoms. The van der Waals surface area contributed by atoms with Crippen LogP contribution in [-0.2, 0) is 30.4 Å². The molecule has 220 valence electrons. The molecule has 0 radical (unpaired) electrons. The van der Waals surface area contributed by atoms with Gasteiger partial charge in [0.1, 0.15) is 17.5 Å². The highest BCUT2D eigenvalue weighted by Crippen LogP contribution is 2.37. The van der Waals surface area contributed by atoms with Gasteiger partial charge in [-0.3, -0.25) is 19.3 Å². The third-order valence-electron chi connectivity index (χ3n) is 6.57. The SMILES string of the molecule is CCc1c(Br)c(C(F)(F)F)nn1CC(=O)C[C@@H](Cc1cc(F)cc(F)c1)c1ncccc1-c1ccc(F)c(C(N)=O)c1. The smallest absolute Gasteiger partial charge is 0.366 e. The Bertz CT molecular complexity index is 1630. The molecule has 0 aliphatic rings. The van der Waals surface area contributed by atoms with Crippen molar-refractivity contribution >= 4 is 27.6 Å². The molecule has 0 spiro atoms. The predicted molar refractivity (Wildman–Crippen MR) is 145 cm³/mol. The summed E-state index contributed by atoms with van der Waals surface area (Å²) < 4.78 is 83.3. The van der Waals surface area contributed by atoms with Crippen LogP contribution in [0.5, 0.6) is 0 Å². The number of hydrogen-bond donors (Lipinski definition) is 1. The number of aromatic nitrogens is 3. The van der Waals surface area contributed by atoms with E-state index in [4.69, 9.17) is 5.73 Å². The van der Waals surface area contributed by atoms with Crippen LogP contribution in [0, 0.1) is 17.5 Å². The highest BCUT2D eigenvalue weighted by molar-refractivity contribution is 9.10. The Morgan fingerprint density at radius 3 is 2.36 bits per heavy atom. The van der Waals surface area contributed by atoms with Gasteiger partial charge in [0.25, 0.3) is 5.91 Å². The van der Waals surface area contributed by atoms with E-state index in [1.807, 2.05) is 0 Å². The molecule has 4 rings (SSSR count). The number of Topliss-reactive ketones (excluding diaryl/α,β-unsaturated/α-hetero) is 1. The lowest BCUT2D eigenvalue weighted by atomic mass is 9.86. The number of nitrogens with two attached hydrogens (primary N) is 1. The summed E-state index contributed by atoms with van der Waals surface area (Å²) in [5.74, 6) is -4.87. The second kappa shape index (κ2) is 12.5. The molecule has 2 N–H and O–H groups in total. The van der Waals surface area contributed by atoms with Crippen molar-refractivity contribution in [2.24, 2.45) is 5.73 Å². The number of carbonyl (C=O) groups excluding carboxylic acids is 2. The van der Waals surface area contributed by atoms with Crippen molar-refractivity contribution in [2.45, 2.75) is 44.8 Å². The fourth-order valence-electron chi connectivity index (χ4n) is 4.78. The molecule has 2 aromatic heterocycles. The number of halogens is 7. The molecular weight excluding hydrogens is 630 g/mol. The molecule has 0 saturated heterocycles. The number of carbonyl (C=O) groups is 2. The van der Waals surface area contributed by atoms with Crippen molar-refractivity contribution in [3.05, 3.63) is 105 Å². The van der Waals surface area contributed by atoms with Gasteiger partial charge in [-0.2, -0.15) is 18.3 Å². The van der Waals surface area contributed by atoms with E-state index in [0.29, 0.717) is 17.2 Å². The van der Waals surface area contributed by atoms with Gasteiger partial charge in [0.05, 0.1) is 28.0 Å². The number of ketones is 1. The fourth-order valence-corrected chi connectivity index (χ4v) is 5.57. The van der Waals surface area contributed by atoms with Gasteiger partial charge in [-0.15, -0.1) is 0 Å². The van der Waals surface area contributed by atoms with Crippen LogP contribution in [0.4, 0.5) is 26.3 Å². The number of primary amides is 1. The van der Waals surface area contributed by atoms with Crippen molar-refractivity contribution in [3.63, 3.8) is 0 Å². The van der Waals surface area contributed by atoms with E-state index in [1.54, 1.807) is 19.1 Å². The van der Waals surface area contributed by atoms with Crippen LogP contribution in [-0.4, -0.2) is 26.5 Å². The first-order chi connectivity index (χ1) is 19.8. The summed E-state index contributed by atoms with van der Waals surface area (Å²) >= 11 is 2.93. The highest BCUT2D eigenvalue weighted by atomic mass is 79.9. The largest absolute Gasteiger partial charge is 0.436 e. The summed E-state index contributed by atoms with van der Waals surface area (Å²) in [6.07, 6.45) is -3.54. The quantitative estimate of drug-likeness (QED) is 0.191. The van der Waals surface area contributed by atoms with Crippen molar-refractivity contribution in [3.8, 4) is 11.1 Å². The second-order valence-corrected chi connectivity index (χ2v) is 10.3. The number of nitrogens with zero attached hydrogens (tertiary/aromatic N) is 3. The third-order valence-corrected chi connectivity index (χ3v) is 7.40. The molecule has 0 unspecified atom stereocenters. The Balaban J connectivity index is 1.75. The van der Waals surface area contributed by atoms with Crippen LogP contribution in [0.3, 0.4) is 0 Å². The molecule has 1 atom stereocenters. The average Bonchev–Trinajstić information content (AvgIpc) is 3.22.